The second-order valence-electron chi connectivity index (χ2n) is 4.92. The zero-order chi connectivity index (χ0) is 16.3. The van der Waals surface area contributed by atoms with Gasteiger partial charge in [-0.15, -0.1) is 0 Å². The van der Waals surface area contributed by atoms with Crippen molar-refractivity contribution in [1.29, 1.82) is 0 Å². The molecule has 0 spiro atoms. The van der Waals surface area contributed by atoms with Crippen molar-refractivity contribution >= 4 is 23.6 Å². The number of benzene rings is 1. The van der Waals surface area contributed by atoms with Crippen LogP contribution < -0.4 is 0 Å². The van der Waals surface area contributed by atoms with E-state index < -0.39 is 23.4 Å². The molecule has 0 aromatic heterocycles. The van der Waals surface area contributed by atoms with Crippen LogP contribution in [0.1, 0.15) is 29.6 Å². The summed E-state index contributed by atoms with van der Waals surface area (Å²) in [6.07, 6.45) is 1.85. The van der Waals surface area contributed by atoms with E-state index in [0.29, 0.717) is 13.0 Å². The standard InChI is InChI=1S/C14H14F3NO3S/c15-14(16,17)22-10-6-4-9(5-7-10)12(19)18-8-2-1-3-11(18)13(20)21/h4-7,11H,1-3,8H2,(H,20,21)/t11-/m1/s1. The number of nitrogens with zero attached hydrogens (tertiary/aromatic N) is 1. The van der Waals surface area contributed by atoms with Gasteiger partial charge in [0.2, 0.25) is 0 Å². The van der Waals surface area contributed by atoms with Crippen LogP contribution in [0, 0.1) is 0 Å². The van der Waals surface area contributed by atoms with Crippen molar-refractivity contribution in [1.82, 2.24) is 4.90 Å². The van der Waals surface area contributed by atoms with Gasteiger partial charge in [-0.05, 0) is 55.3 Å². The minimum absolute atomic E-state index is 0.0162. The Morgan fingerprint density at radius 2 is 1.82 bits per heavy atom. The fourth-order valence-corrected chi connectivity index (χ4v) is 2.94. The van der Waals surface area contributed by atoms with Crippen molar-refractivity contribution in [2.24, 2.45) is 0 Å². The fourth-order valence-electron chi connectivity index (χ4n) is 2.40. The van der Waals surface area contributed by atoms with Gasteiger partial charge in [-0.3, -0.25) is 4.79 Å². The molecule has 1 saturated heterocycles. The molecule has 0 aliphatic carbocycles. The molecule has 0 radical (unpaired) electrons. The molecule has 1 N–H and O–H groups in total. The molecule has 1 atom stereocenters. The molecule has 8 heteroatoms. The van der Waals surface area contributed by atoms with Crippen LogP contribution >= 0.6 is 11.8 Å². The topological polar surface area (TPSA) is 57.6 Å². The number of carboxylic acids is 1. The van der Waals surface area contributed by atoms with Gasteiger partial charge in [0.05, 0.1) is 0 Å². The largest absolute Gasteiger partial charge is 0.480 e. The number of alkyl halides is 3. The van der Waals surface area contributed by atoms with Crippen molar-refractivity contribution in [3.8, 4) is 0 Å². The van der Waals surface area contributed by atoms with E-state index in [-0.39, 0.29) is 22.2 Å². The monoisotopic (exact) mass is 333 g/mol. The van der Waals surface area contributed by atoms with Crippen molar-refractivity contribution in [3.63, 3.8) is 0 Å². The summed E-state index contributed by atoms with van der Waals surface area (Å²) in [5, 5.41) is 9.15. The molecule has 0 unspecified atom stereocenters. The fraction of sp³-hybridized carbons (Fsp3) is 0.429. The Labute approximate surface area is 129 Å². The Balaban J connectivity index is 2.13. The molecule has 1 aromatic carbocycles. The summed E-state index contributed by atoms with van der Waals surface area (Å²) in [7, 11) is 0. The minimum Gasteiger partial charge on any atom is -0.480 e. The zero-order valence-electron chi connectivity index (χ0n) is 11.5. The van der Waals surface area contributed by atoms with E-state index in [9.17, 15) is 22.8 Å². The number of carboxylic acid groups (broad SMARTS) is 1. The molecule has 1 aromatic rings. The second kappa shape index (κ2) is 6.60. The number of hydrogen-bond acceptors (Lipinski definition) is 3. The van der Waals surface area contributed by atoms with Gasteiger partial charge in [0.1, 0.15) is 6.04 Å². The highest BCUT2D eigenvalue weighted by atomic mass is 32.2. The molecular weight excluding hydrogens is 319 g/mol. The summed E-state index contributed by atoms with van der Waals surface area (Å²) >= 11 is -0.257. The first-order valence-electron chi connectivity index (χ1n) is 6.67. The maximum atomic E-state index is 12.3. The Morgan fingerprint density at radius 1 is 1.18 bits per heavy atom. The second-order valence-corrected chi connectivity index (χ2v) is 6.06. The van der Waals surface area contributed by atoms with Crippen LogP contribution in [0.5, 0.6) is 0 Å². The highest BCUT2D eigenvalue weighted by Crippen LogP contribution is 2.36. The number of aliphatic carboxylic acids is 1. The number of hydrogen-bond donors (Lipinski definition) is 1. The first-order chi connectivity index (χ1) is 10.3. The van der Waals surface area contributed by atoms with E-state index in [0.717, 1.165) is 12.8 Å². The van der Waals surface area contributed by atoms with Gasteiger partial charge < -0.3 is 10.0 Å². The predicted molar refractivity (Wildman–Crippen MR) is 74.7 cm³/mol. The third kappa shape index (κ3) is 4.16. The van der Waals surface area contributed by atoms with Gasteiger partial charge in [-0.2, -0.15) is 13.2 Å². The van der Waals surface area contributed by atoms with Crippen LogP contribution in [-0.4, -0.2) is 40.0 Å². The first-order valence-corrected chi connectivity index (χ1v) is 7.49. The number of amides is 1. The Bertz CT molecular complexity index is 559. The molecule has 1 fully saturated rings. The average molecular weight is 333 g/mol. The molecule has 1 amide bonds. The van der Waals surface area contributed by atoms with Gasteiger partial charge in [-0.1, -0.05) is 0 Å². The SMILES string of the molecule is O=C(O)[C@H]1CCCCN1C(=O)c1ccc(SC(F)(F)F)cc1. The smallest absolute Gasteiger partial charge is 0.446 e. The highest BCUT2D eigenvalue weighted by molar-refractivity contribution is 8.00. The van der Waals surface area contributed by atoms with Crippen LogP contribution in [0.15, 0.2) is 29.2 Å². The average Bonchev–Trinajstić information content (AvgIpc) is 2.45. The summed E-state index contributed by atoms with van der Waals surface area (Å²) in [4.78, 5) is 24.8. The number of carbonyl (C=O) groups is 2. The van der Waals surface area contributed by atoms with Crippen LogP contribution in [0.2, 0.25) is 0 Å². The number of likely N-dealkylation sites (tertiary alicyclic amines) is 1. The van der Waals surface area contributed by atoms with E-state index in [2.05, 4.69) is 0 Å². The third-order valence-corrected chi connectivity index (χ3v) is 4.12. The quantitative estimate of drug-likeness (QED) is 0.862. The molecular formula is C14H14F3NO3S. The molecule has 1 heterocycles. The van der Waals surface area contributed by atoms with E-state index in [1.165, 1.54) is 29.2 Å². The molecule has 120 valence electrons. The Hall–Kier alpha value is -1.70. The molecule has 0 bridgehead atoms. The van der Waals surface area contributed by atoms with Gasteiger partial charge in [0.15, 0.2) is 0 Å². The lowest BCUT2D eigenvalue weighted by Crippen LogP contribution is -2.47. The van der Waals surface area contributed by atoms with Crippen molar-refractivity contribution in [3.05, 3.63) is 29.8 Å². The lowest BCUT2D eigenvalue weighted by atomic mass is 10.0. The maximum absolute atomic E-state index is 12.3. The van der Waals surface area contributed by atoms with Crippen LogP contribution in [0.4, 0.5) is 13.2 Å². The van der Waals surface area contributed by atoms with Crippen molar-refractivity contribution in [2.75, 3.05) is 6.54 Å². The summed E-state index contributed by atoms with van der Waals surface area (Å²) in [6, 6.07) is 4.15. The highest BCUT2D eigenvalue weighted by Gasteiger charge is 2.33. The van der Waals surface area contributed by atoms with E-state index in [1.807, 2.05) is 0 Å². The van der Waals surface area contributed by atoms with E-state index >= 15 is 0 Å². The van der Waals surface area contributed by atoms with Crippen LogP contribution in [0.25, 0.3) is 0 Å². The summed E-state index contributed by atoms with van der Waals surface area (Å²) in [6.45, 7) is 0.342. The molecule has 1 aliphatic heterocycles. The Morgan fingerprint density at radius 3 is 2.36 bits per heavy atom. The summed E-state index contributed by atoms with van der Waals surface area (Å²) in [5.74, 6) is -1.52. The molecule has 2 rings (SSSR count). The number of piperidine rings is 1. The van der Waals surface area contributed by atoms with Gasteiger partial charge in [0.25, 0.3) is 5.91 Å². The van der Waals surface area contributed by atoms with Crippen LogP contribution in [-0.2, 0) is 4.79 Å². The number of thioether (sulfide) groups is 1. The maximum Gasteiger partial charge on any atom is 0.446 e. The Kier molecular flexibility index (Phi) is 5.00. The molecule has 0 saturated carbocycles. The molecule has 1 aliphatic rings. The number of rotatable bonds is 3. The lowest BCUT2D eigenvalue weighted by molar-refractivity contribution is -0.143. The van der Waals surface area contributed by atoms with E-state index in [4.69, 9.17) is 5.11 Å². The van der Waals surface area contributed by atoms with Gasteiger partial charge in [-0.25, -0.2) is 4.79 Å². The summed E-state index contributed by atoms with van der Waals surface area (Å²) < 4.78 is 36.8. The number of carbonyl (C=O) groups excluding carboxylic acids is 1. The predicted octanol–water partition coefficient (Wildman–Crippen LogP) is 3.38. The third-order valence-electron chi connectivity index (χ3n) is 3.38. The minimum atomic E-state index is -4.38. The molecule has 4 nitrogen and oxygen atoms in total. The first kappa shape index (κ1) is 16.7. The van der Waals surface area contributed by atoms with Gasteiger partial charge in [0, 0.05) is 17.0 Å². The van der Waals surface area contributed by atoms with Crippen molar-refractivity contribution < 1.29 is 27.9 Å². The van der Waals surface area contributed by atoms with Crippen LogP contribution in [0.3, 0.4) is 0 Å². The number of halogens is 3. The zero-order valence-corrected chi connectivity index (χ0v) is 12.3. The van der Waals surface area contributed by atoms with Crippen molar-refractivity contribution in [2.45, 2.75) is 35.7 Å². The lowest BCUT2D eigenvalue weighted by Gasteiger charge is -2.33. The van der Waals surface area contributed by atoms with Gasteiger partial charge >= 0.3 is 11.5 Å². The normalized spacial score (nSPS) is 19.0. The summed E-state index contributed by atoms with van der Waals surface area (Å²) in [5.41, 5.74) is -4.19. The molecule has 22 heavy (non-hydrogen) atoms. The van der Waals surface area contributed by atoms with E-state index in [1.54, 1.807) is 0 Å².